The van der Waals surface area contributed by atoms with Crippen molar-refractivity contribution in [2.45, 2.75) is 19.3 Å². The summed E-state index contributed by atoms with van der Waals surface area (Å²) in [4.78, 5) is 3.66. The molecule has 1 heterocycles. The fourth-order valence-electron chi connectivity index (χ4n) is 6.50. The predicted octanol–water partition coefficient (Wildman–Crippen LogP) is 9.85. The summed E-state index contributed by atoms with van der Waals surface area (Å²) in [5.41, 5.74) is 7.85. The Morgan fingerprint density at radius 2 is 1.03 bits per heavy atom. The monoisotopic (exact) mass is 511 g/mol. The van der Waals surface area contributed by atoms with Gasteiger partial charge in [-0.25, -0.2) is 0 Å². The first kappa shape index (κ1) is 19.7. The van der Waals surface area contributed by atoms with E-state index in [9.17, 15) is 0 Å². The molecule has 35 heavy (non-hydrogen) atoms. The first-order chi connectivity index (χ1) is 17.0. The van der Waals surface area contributed by atoms with Gasteiger partial charge in [-0.2, -0.15) is 0 Å². The molecule has 0 aliphatic heterocycles. The van der Waals surface area contributed by atoms with Crippen LogP contribution in [0.25, 0.3) is 65.3 Å². The standard InChI is InChI=1S/C33H22BrN/c1-33(2)29-16-24-22-10-6-4-8-20(22)19-7-3-5-9-21(19)23(24)14-25(29)26-15-28-27-13-18(34)11-12-31(27)35-32(28)17-30(26)33/h3-17,35H,1-2H3. The van der Waals surface area contributed by atoms with Crippen LogP contribution in [0.1, 0.15) is 25.0 Å². The third kappa shape index (κ3) is 2.48. The van der Waals surface area contributed by atoms with Gasteiger partial charge in [-0.3, -0.25) is 0 Å². The van der Waals surface area contributed by atoms with Crippen LogP contribution < -0.4 is 0 Å². The zero-order valence-corrected chi connectivity index (χ0v) is 21.1. The molecule has 0 radical (unpaired) electrons. The molecule has 0 atom stereocenters. The first-order valence-electron chi connectivity index (χ1n) is 12.1. The summed E-state index contributed by atoms with van der Waals surface area (Å²) in [6.45, 7) is 4.75. The van der Waals surface area contributed by atoms with Crippen LogP contribution in [0.15, 0.2) is 95.5 Å². The van der Waals surface area contributed by atoms with Crippen LogP contribution in [0.2, 0.25) is 0 Å². The lowest BCUT2D eigenvalue weighted by Crippen LogP contribution is -2.15. The topological polar surface area (TPSA) is 15.8 Å². The molecule has 0 unspecified atom stereocenters. The van der Waals surface area contributed by atoms with Crippen LogP contribution in [0.5, 0.6) is 0 Å². The van der Waals surface area contributed by atoms with E-state index in [4.69, 9.17) is 0 Å². The van der Waals surface area contributed by atoms with Crippen LogP contribution in [0, 0.1) is 0 Å². The van der Waals surface area contributed by atoms with Gasteiger partial charge in [0.2, 0.25) is 0 Å². The van der Waals surface area contributed by atoms with Gasteiger partial charge in [0.25, 0.3) is 0 Å². The minimum atomic E-state index is -0.0718. The highest BCUT2D eigenvalue weighted by molar-refractivity contribution is 9.10. The largest absolute Gasteiger partial charge is 0.355 e. The Bertz CT molecular complexity index is 2040. The second-order valence-corrected chi connectivity index (χ2v) is 11.3. The molecule has 166 valence electrons. The van der Waals surface area contributed by atoms with Crippen molar-refractivity contribution in [2.75, 3.05) is 0 Å². The van der Waals surface area contributed by atoms with Gasteiger partial charge in [0, 0.05) is 31.7 Å². The molecule has 0 amide bonds. The number of fused-ring (bicyclic) bond motifs is 12. The lowest BCUT2D eigenvalue weighted by molar-refractivity contribution is 0.662. The molecule has 0 saturated carbocycles. The summed E-state index contributed by atoms with van der Waals surface area (Å²) in [5, 5.41) is 10.5. The van der Waals surface area contributed by atoms with Crippen molar-refractivity contribution in [2.24, 2.45) is 0 Å². The molecule has 0 saturated heterocycles. The third-order valence-electron chi connectivity index (χ3n) is 8.22. The summed E-state index contributed by atoms with van der Waals surface area (Å²) in [5.74, 6) is 0. The fourth-order valence-corrected chi connectivity index (χ4v) is 6.86. The van der Waals surface area contributed by atoms with Crippen molar-refractivity contribution >= 4 is 70.1 Å². The summed E-state index contributed by atoms with van der Waals surface area (Å²) in [6, 6.07) is 33.9. The fraction of sp³-hybridized carbons (Fsp3) is 0.0909. The predicted molar refractivity (Wildman–Crippen MR) is 154 cm³/mol. The maximum Gasteiger partial charge on any atom is 0.0468 e. The molecule has 1 nitrogen and oxygen atoms in total. The van der Waals surface area contributed by atoms with Gasteiger partial charge in [0.05, 0.1) is 0 Å². The van der Waals surface area contributed by atoms with E-state index in [1.165, 1.54) is 76.4 Å². The van der Waals surface area contributed by atoms with Crippen LogP contribution in [-0.4, -0.2) is 4.98 Å². The molecule has 0 bridgehead atoms. The van der Waals surface area contributed by atoms with Gasteiger partial charge in [-0.15, -0.1) is 0 Å². The lowest BCUT2D eigenvalue weighted by Gasteiger charge is -2.22. The zero-order valence-electron chi connectivity index (χ0n) is 19.5. The number of nitrogens with one attached hydrogen (secondary N) is 1. The van der Waals surface area contributed by atoms with Gasteiger partial charge >= 0.3 is 0 Å². The van der Waals surface area contributed by atoms with Gasteiger partial charge in [0.15, 0.2) is 0 Å². The molecular formula is C33H22BrN. The van der Waals surface area contributed by atoms with E-state index in [1.54, 1.807) is 0 Å². The van der Waals surface area contributed by atoms with Crippen LogP contribution in [-0.2, 0) is 5.41 Å². The van der Waals surface area contributed by atoms with Crippen molar-refractivity contribution in [3.05, 3.63) is 107 Å². The third-order valence-corrected chi connectivity index (χ3v) is 8.71. The minimum Gasteiger partial charge on any atom is -0.355 e. The van der Waals surface area contributed by atoms with E-state index in [0.717, 1.165) is 4.47 Å². The van der Waals surface area contributed by atoms with Crippen molar-refractivity contribution in [3.63, 3.8) is 0 Å². The second-order valence-electron chi connectivity index (χ2n) is 10.4. The Labute approximate surface area is 211 Å². The zero-order chi connectivity index (χ0) is 23.5. The van der Waals surface area contributed by atoms with E-state index in [1.807, 2.05) is 0 Å². The Morgan fingerprint density at radius 3 is 1.69 bits per heavy atom. The van der Waals surface area contributed by atoms with Crippen LogP contribution in [0.4, 0.5) is 0 Å². The minimum absolute atomic E-state index is 0.0718. The number of benzene rings is 6. The molecule has 0 spiro atoms. The van der Waals surface area contributed by atoms with Crippen molar-refractivity contribution in [1.82, 2.24) is 4.98 Å². The molecular weight excluding hydrogens is 490 g/mol. The lowest BCUT2D eigenvalue weighted by atomic mass is 9.81. The Balaban J connectivity index is 1.54. The molecule has 6 aromatic carbocycles. The molecule has 2 heteroatoms. The molecule has 7 aromatic rings. The van der Waals surface area contributed by atoms with E-state index in [0.29, 0.717) is 0 Å². The summed E-state index contributed by atoms with van der Waals surface area (Å²) < 4.78 is 1.11. The maximum absolute atomic E-state index is 3.67. The molecule has 1 aromatic heterocycles. The van der Waals surface area contributed by atoms with Gasteiger partial charge < -0.3 is 4.98 Å². The number of rotatable bonds is 0. The van der Waals surface area contributed by atoms with Crippen LogP contribution in [0.3, 0.4) is 0 Å². The Kier molecular flexibility index (Phi) is 3.67. The van der Waals surface area contributed by atoms with Crippen molar-refractivity contribution in [3.8, 4) is 11.1 Å². The second kappa shape index (κ2) is 6.53. The molecule has 1 aliphatic carbocycles. The van der Waals surface area contributed by atoms with E-state index >= 15 is 0 Å². The number of aromatic nitrogens is 1. The summed E-state index contributed by atoms with van der Waals surface area (Å²) >= 11 is 3.67. The number of halogens is 1. The normalized spacial score (nSPS) is 14.4. The number of hydrogen-bond acceptors (Lipinski definition) is 0. The SMILES string of the molecule is CC1(C)c2cc3[nH]c4ccc(Br)cc4c3cc2-c2cc3c4ccccc4c4ccccc4c3cc21. The van der Waals surface area contributed by atoms with Gasteiger partial charge in [0.1, 0.15) is 0 Å². The molecule has 8 rings (SSSR count). The van der Waals surface area contributed by atoms with E-state index < -0.39 is 0 Å². The smallest absolute Gasteiger partial charge is 0.0468 e. The first-order valence-corrected chi connectivity index (χ1v) is 12.9. The number of aromatic amines is 1. The number of hydrogen-bond donors (Lipinski definition) is 1. The highest BCUT2D eigenvalue weighted by atomic mass is 79.9. The highest BCUT2D eigenvalue weighted by Crippen LogP contribution is 2.52. The van der Waals surface area contributed by atoms with Crippen molar-refractivity contribution < 1.29 is 0 Å². The van der Waals surface area contributed by atoms with E-state index in [-0.39, 0.29) is 5.41 Å². The van der Waals surface area contributed by atoms with Gasteiger partial charge in [-0.1, -0.05) is 78.3 Å². The summed E-state index contributed by atoms with van der Waals surface area (Å²) in [7, 11) is 0. The maximum atomic E-state index is 3.67. The molecule has 0 fully saturated rings. The Morgan fingerprint density at radius 1 is 0.514 bits per heavy atom. The average molecular weight is 512 g/mol. The number of H-pyrrole nitrogens is 1. The summed E-state index contributed by atoms with van der Waals surface area (Å²) in [6.07, 6.45) is 0. The van der Waals surface area contributed by atoms with Gasteiger partial charge in [-0.05, 0) is 97.0 Å². The highest BCUT2D eigenvalue weighted by Gasteiger charge is 2.36. The molecule has 1 aliphatic rings. The van der Waals surface area contributed by atoms with Crippen LogP contribution >= 0.6 is 15.9 Å². The van der Waals surface area contributed by atoms with Crippen molar-refractivity contribution in [1.29, 1.82) is 0 Å². The Hall–Kier alpha value is -3.62. The average Bonchev–Trinajstić information content (AvgIpc) is 3.33. The van der Waals surface area contributed by atoms with E-state index in [2.05, 4.69) is 126 Å². The quantitative estimate of drug-likeness (QED) is 0.195. The molecule has 1 N–H and O–H groups in total.